The summed E-state index contributed by atoms with van der Waals surface area (Å²) in [6, 6.07) is 5.02. The van der Waals surface area contributed by atoms with Gasteiger partial charge in [0.05, 0.1) is 29.9 Å². The standard InChI is InChI=1S/C15H8F5NO4S/c1-25-7-2-4-8(5-3-7)26(24)10(21(22)23)6-9-11(16)13(18)15(20)14(19)12(9)17/h2-6H,1H3. The molecule has 5 nitrogen and oxygen atoms in total. The van der Waals surface area contributed by atoms with Gasteiger partial charge in [0.25, 0.3) is 0 Å². The summed E-state index contributed by atoms with van der Waals surface area (Å²) in [7, 11) is 1.34. The van der Waals surface area contributed by atoms with E-state index in [4.69, 9.17) is 4.74 Å². The first-order chi connectivity index (χ1) is 12.2. The fraction of sp³-hybridized carbons (Fsp3) is 0.0667. The van der Waals surface area contributed by atoms with E-state index in [-0.39, 0.29) is 11.0 Å². The number of nitro groups is 1. The largest absolute Gasteiger partial charge is 0.602 e. The zero-order valence-electron chi connectivity index (χ0n) is 12.8. The Morgan fingerprint density at radius 3 is 1.88 bits per heavy atom. The molecule has 2 aromatic rings. The molecule has 0 N–H and O–H groups in total. The Morgan fingerprint density at radius 1 is 1.00 bits per heavy atom. The Labute approximate surface area is 146 Å². The third-order valence-corrected chi connectivity index (χ3v) is 4.50. The van der Waals surface area contributed by atoms with Gasteiger partial charge in [0, 0.05) is 0 Å². The third kappa shape index (κ3) is 3.63. The van der Waals surface area contributed by atoms with Crippen molar-refractivity contribution in [2.45, 2.75) is 4.90 Å². The highest BCUT2D eigenvalue weighted by molar-refractivity contribution is 7.95. The summed E-state index contributed by atoms with van der Waals surface area (Å²) in [6.07, 6.45) is 0.0522. The van der Waals surface area contributed by atoms with E-state index in [0.717, 1.165) is 0 Å². The zero-order chi connectivity index (χ0) is 19.6. The Bertz CT molecular complexity index is 860. The summed E-state index contributed by atoms with van der Waals surface area (Å²) < 4.78 is 84.0. The van der Waals surface area contributed by atoms with Crippen molar-refractivity contribution in [3.05, 3.63) is 74.1 Å². The van der Waals surface area contributed by atoms with Crippen LogP contribution in [-0.2, 0) is 11.2 Å². The average molecular weight is 393 g/mol. The van der Waals surface area contributed by atoms with Gasteiger partial charge in [-0.05, 0) is 24.3 Å². The van der Waals surface area contributed by atoms with E-state index in [1.165, 1.54) is 31.4 Å². The van der Waals surface area contributed by atoms with Crippen LogP contribution in [0.3, 0.4) is 0 Å². The van der Waals surface area contributed by atoms with Crippen molar-refractivity contribution in [2.75, 3.05) is 7.11 Å². The number of hydrogen-bond donors (Lipinski definition) is 0. The van der Waals surface area contributed by atoms with Gasteiger partial charge in [0.2, 0.25) is 5.82 Å². The van der Waals surface area contributed by atoms with Gasteiger partial charge in [-0.3, -0.25) is 10.1 Å². The quantitative estimate of drug-likeness (QED) is 0.194. The number of methoxy groups -OCH3 is 1. The van der Waals surface area contributed by atoms with Gasteiger partial charge in [-0.15, -0.1) is 0 Å². The fourth-order valence-electron chi connectivity index (χ4n) is 1.87. The van der Waals surface area contributed by atoms with E-state index in [1.54, 1.807) is 0 Å². The maximum absolute atomic E-state index is 13.7. The summed E-state index contributed by atoms with van der Waals surface area (Å²) in [6.45, 7) is 0. The van der Waals surface area contributed by atoms with E-state index in [1.807, 2.05) is 0 Å². The lowest BCUT2D eigenvalue weighted by Gasteiger charge is -2.08. The molecule has 11 heteroatoms. The summed E-state index contributed by atoms with van der Waals surface area (Å²) >= 11 is -2.56. The lowest BCUT2D eigenvalue weighted by molar-refractivity contribution is -0.410. The van der Waals surface area contributed by atoms with Gasteiger partial charge in [-0.2, -0.15) is 0 Å². The van der Waals surface area contributed by atoms with Crippen LogP contribution in [0.2, 0.25) is 0 Å². The topological polar surface area (TPSA) is 75.4 Å². The Morgan fingerprint density at radius 2 is 1.46 bits per heavy atom. The first kappa shape index (κ1) is 19.7. The van der Waals surface area contributed by atoms with E-state index in [0.29, 0.717) is 5.75 Å². The molecule has 0 bridgehead atoms. The number of ether oxygens (including phenoxy) is 1. The number of halogens is 5. The molecule has 0 radical (unpaired) electrons. The molecule has 1 unspecified atom stereocenters. The SMILES string of the molecule is COc1ccc([S+]([O-])C(=Cc2c(F)c(F)c(F)c(F)c2F)[N+](=O)[O-])cc1. The van der Waals surface area contributed by atoms with Crippen LogP contribution in [0.15, 0.2) is 34.2 Å². The fourth-order valence-corrected chi connectivity index (χ4v) is 2.85. The number of rotatable bonds is 5. The van der Waals surface area contributed by atoms with Gasteiger partial charge < -0.3 is 9.29 Å². The molecule has 2 rings (SSSR count). The highest BCUT2D eigenvalue weighted by Crippen LogP contribution is 2.28. The highest BCUT2D eigenvalue weighted by atomic mass is 32.2. The van der Waals surface area contributed by atoms with Gasteiger partial charge >= 0.3 is 5.03 Å². The molecule has 0 heterocycles. The van der Waals surface area contributed by atoms with Crippen LogP contribution >= 0.6 is 0 Å². The molecule has 1 atom stereocenters. The summed E-state index contributed by atoms with van der Waals surface area (Å²) in [5, 5.41) is 9.85. The van der Waals surface area contributed by atoms with Crippen LogP contribution in [0.5, 0.6) is 5.75 Å². The second-order valence-corrected chi connectivity index (χ2v) is 6.09. The van der Waals surface area contributed by atoms with Crippen molar-refractivity contribution in [3.8, 4) is 5.75 Å². The van der Waals surface area contributed by atoms with Crippen molar-refractivity contribution in [1.82, 2.24) is 0 Å². The molecular weight excluding hydrogens is 385 g/mol. The molecule has 0 saturated carbocycles. The molecule has 0 saturated heterocycles. The minimum atomic E-state index is -2.56. The van der Waals surface area contributed by atoms with Crippen LogP contribution in [-0.4, -0.2) is 16.6 Å². The third-order valence-electron chi connectivity index (χ3n) is 3.15. The molecule has 0 fully saturated rings. The molecule has 0 aliphatic rings. The van der Waals surface area contributed by atoms with Gasteiger partial charge in [-0.1, -0.05) is 0 Å². The van der Waals surface area contributed by atoms with E-state index < -0.39 is 55.8 Å². The molecule has 0 aliphatic carbocycles. The minimum Gasteiger partial charge on any atom is -0.602 e. The van der Waals surface area contributed by atoms with Crippen molar-refractivity contribution in [2.24, 2.45) is 0 Å². The lowest BCUT2D eigenvalue weighted by Crippen LogP contribution is -2.14. The van der Waals surface area contributed by atoms with Crippen molar-refractivity contribution >= 4 is 17.3 Å². The first-order valence-corrected chi connectivity index (χ1v) is 7.77. The Balaban J connectivity index is 2.58. The molecule has 0 aromatic heterocycles. The second kappa shape index (κ2) is 7.70. The van der Waals surface area contributed by atoms with Crippen molar-refractivity contribution in [1.29, 1.82) is 0 Å². The molecule has 0 amide bonds. The molecule has 138 valence electrons. The minimum absolute atomic E-state index is 0.0522. The molecule has 26 heavy (non-hydrogen) atoms. The maximum atomic E-state index is 13.7. The lowest BCUT2D eigenvalue weighted by atomic mass is 10.1. The van der Waals surface area contributed by atoms with Crippen LogP contribution < -0.4 is 4.74 Å². The zero-order valence-corrected chi connectivity index (χ0v) is 13.6. The van der Waals surface area contributed by atoms with Gasteiger partial charge in [0.1, 0.15) is 10.7 Å². The summed E-state index contributed by atoms with van der Waals surface area (Å²) in [5.41, 5.74) is -1.56. The second-order valence-electron chi connectivity index (χ2n) is 4.67. The first-order valence-electron chi connectivity index (χ1n) is 6.62. The normalized spacial score (nSPS) is 12.8. The van der Waals surface area contributed by atoms with Crippen LogP contribution in [0, 0.1) is 39.2 Å². The summed E-state index contributed by atoms with van der Waals surface area (Å²) in [5.74, 6) is -11.1. The van der Waals surface area contributed by atoms with E-state index >= 15 is 0 Å². The number of nitrogens with zero attached hydrogens (tertiary/aromatic N) is 1. The molecular formula is C15H8F5NO4S. The smallest absolute Gasteiger partial charge is 0.446 e. The van der Waals surface area contributed by atoms with Crippen LogP contribution in [0.25, 0.3) is 6.08 Å². The van der Waals surface area contributed by atoms with Crippen molar-refractivity contribution < 1.29 is 36.2 Å². The average Bonchev–Trinajstić information content (AvgIpc) is 2.64. The van der Waals surface area contributed by atoms with E-state index in [2.05, 4.69) is 0 Å². The Kier molecular flexibility index (Phi) is 5.83. The molecule has 0 aliphatic heterocycles. The maximum Gasteiger partial charge on any atom is 0.446 e. The number of benzene rings is 2. The van der Waals surface area contributed by atoms with Gasteiger partial charge in [-0.25, -0.2) is 22.0 Å². The summed E-state index contributed by atoms with van der Waals surface area (Å²) in [4.78, 5) is 9.74. The van der Waals surface area contributed by atoms with Crippen LogP contribution in [0.1, 0.15) is 5.56 Å². The predicted molar refractivity (Wildman–Crippen MR) is 80.6 cm³/mol. The van der Waals surface area contributed by atoms with Crippen LogP contribution in [0.4, 0.5) is 22.0 Å². The number of hydrogen-bond acceptors (Lipinski definition) is 4. The Hall–Kier alpha value is -2.66. The predicted octanol–water partition coefficient (Wildman–Crippen LogP) is 3.77. The molecule has 0 spiro atoms. The monoisotopic (exact) mass is 393 g/mol. The van der Waals surface area contributed by atoms with Gasteiger partial charge in [0.15, 0.2) is 28.2 Å². The molecule has 2 aromatic carbocycles. The highest BCUT2D eigenvalue weighted by Gasteiger charge is 2.33. The van der Waals surface area contributed by atoms with Crippen molar-refractivity contribution in [3.63, 3.8) is 0 Å². The van der Waals surface area contributed by atoms with E-state index in [9.17, 15) is 36.6 Å².